The van der Waals surface area contributed by atoms with E-state index in [0.29, 0.717) is 17.0 Å². The molecule has 5 aromatic rings. The number of aromatic nitrogens is 3. The summed E-state index contributed by atoms with van der Waals surface area (Å²) in [6, 6.07) is 20.7. The van der Waals surface area contributed by atoms with Crippen LogP contribution in [-0.2, 0) is 11.3 Å². The van der Waals surface area contributed by atoms with Crippen molar-refractivity contribution in [3.63, 3.8) is 0 Å². The number of aliphatic imine (C=N–C) groups is 1. The first kappa shape index (κ1) is 34.7. The lowest BCUT2D eigenvalue weighted by atomic mass is 10.1. The van der Waals surface area contributed by atoms with E-state index in [-0.39, 0.29) is 52.6 Å². The van der Waals surface area contributed by atoms with Crippen LogP contribution in [0.3, 0.4) is 0 Å². The molecule has 258 valence electrons. The number of hydrogen-bond acceptors (Lipinski definition) is 13. The lowest BCUT2D eigenvalue weighted by Crippen LogP contribution is -2.19. The monoisotopic (exact) mass is 709 g/mol. The number of nitriles is 1. The van der Waals surface area contributed by atoms with Crippen LogP contribution in [-0.4, -0.2) is 52.2 Å². The number of nitrogens with zero attached hydrogens (tertiary/aromatic N) is 6. The van der Waals surface area contributed by atoms with Gasteiger partial charge < -0.3 is 24.7 Å². The maximum atomic E-state index is 16.0. The van der Waals surface area contributed by atoms with E-state index in [9.17, 15) is 10.1 Å². The summed E-state index contributed by atoms with van der Waals surface area (Å²) in [6.07, 6.45) is 3.25. The predicted octanol–water partition coefficient (Wildman–Crippen LogP) is 7.11. The van der Waals surface area contributed by atoms with E-state index in [1.165, 1.54) is 24.4 Å². The fraction of sp³-hybridized carbons (Fsp3) is 0.167. The average molecular weight is 710 g/mol. The van der Waals surface area contributed by atoms with Gasteiger partial charge in [-0.3, -0.25) is 9.89 Å². The lowest BCUT2D eigenvalue weighted by molar-refractivity contribution is 0.0526. The normalized spacial score (nSPS) is 13.8. The van der Waals surface area contributed by atoms with E-state index in [1.807, 2.05) is 48.3 Å². The van der Waals surface area contributed by atoms with Crippen LogP contribution in [0.2, 0.25) is 0 Å². The summed E-state index contributed by atoms with van der Waals surface area (Å²) in [5, 5.41) is 9.73. The van der Waals surface area contributed by atoms with Gasteiger partial charge in [-0.25, -0.2) is 24.1 Å². The Kier molecular flexibility index (Phi) is 10.6. The summed E-state index contributed by atoms with van der Waals surface area (Å²) in [5.74, 6) is -4.01. The Bertz CT molecular complexity index is 2150. The summed E-state index contributed by atoms with van der Waals surface area (Å²) in [7, 11) is 1.84. The molecule has 6 rings (SSSR count). The maximum Gasteiger partial charge on any atom is 0.343 e. The molecule has 3 heterocycles. The molecule has 15 heteroatoms. The van der Waals surface area contributed by atoms with Crippen molar-refractivity contribution >= 4 is 29.8 Å². The second-order valence-corrected chi connectivity index (χ2v) is 12.0. The van der Waals surface area contributed by atoms with Gasteiger partial charge in [-0.05, 0) is 61.6 Å². The van der Waals surface area contributed by atoms with Crippen molar-refractivity contribution in [2.45, 2.75) is 29.7 Å². The first-order valence-electron chi connectivity index (χ1n) is 15.5. The zero-order chi connectivity index (χ0) is 35.9. The number of rotatable bonds is 12. The predicted molar refractivity (Wildman–Crippen MR) is 183 cm³/mol. The highest BCUT2D eigenvalue weighted by Gasteiger charge is 2.27. The van der Waals surface area contributed by atoms with Crippen LogP contribution in [0.25, 0.3) is 0 Å². The van der Waals surface area contributed by atoms with Crippen molar-refractivity contribution in [2.24, 2.45) is 4.99 Å². The molecule has 0 fully saturated rings. The van der Waals surface area contributed by atoms with E-state index in [1.54, 1.807) is 31.3 Å². The molecule has 0 amide bonds. The molecular weight excluding hydrogens is 681 g/mol. The van der Waals surface area contributed by atoms with Gasteiger partial charge in [-0.1, -0.05) is 30.3 Å². The molecule has 1 aliphatic rings. The fourth-order valence-corrected chi connectivity index (χ4v) is 5.70. The number of ether oxygens (including phenoxy) is 4. The molecule has 51 heavy (non-hydrogen) atoms. The van der Waals surface area contributed by atoms with E-state index in [4.69, 9.17) is 24.7 Å². The molecule has 1 atom stereocenters. The van der Waals surface area contributed by atoms with Gasteiger partial charge in [0, 0.05) is 35.5 Å². The van der Waals surface area contributed by atoms with Crippen molar-refractivity contribution < 1.29 is 32.5 Å². The molecule has 0 radical (unpaired) electrons. The van der Waals surface area contributed by atoms with Crippen LogP contribution in [0.1, 0.15) is 40.1 Å². The average Bonchev–Trinajstić information content (AvgIpc) is 3.57. The molecule has 0 bridgehead atoms. The number of pyridine rings is 1. The smallest absolute Gasteiger partial charge is 0.343 e. The number of halogens is 2. The maximum absolute atomic E-state index is 16.0. The van der Waals surface area contributed by atoms with Gasteiger partial charge in [0.25, 0.3) is 5.88 Å². The summed E-state index contributed by atoms with van der Waals surface area (Å²) in [5.41, 5.74) is 7.63. The first-order chi connectivity index (χ1) is 24.7. The van der Waals surface area contributed by atoms with Crippen molar-refractivity contribution in [2.75, 3.05) is 25.9 Å². The van der Waals surface area contributed by atoms with Crippen LogP contribution >= 0.6 is 11.8 Å². The number of carbonyl (C=O) groups is 1. The Morgan fingerprint density at radius 3 is 2.57 bits per heavy atom. The number of carbonyl (C=O) groups excluding carboxylic acids is 1. The molecular formula is C36H29F2N7O5S. The molecule has 2 N–H and O–H groups in total. The summed E-state index contributed by atoms with van der Waals surface area (Å²) in [6.45, 7) is 2.55. The molecule has 1 aliphatic heterocycles. The number of benzene rings is 3. The zero-order valence-electron chi connectivity index (χ0n) is 27.2. The number of nitrogen functional groups attached to an aromatic ring is 1. The molecule has 1 unspecified atom stereocenters. The van der Waals surface area contributed by atoms with Gasteiger partial charge in [0.05, 0.1) is 24.4 Å². The van der Waals surface area contributed by atoms with E-state index < -0.39 is 35.4 Å². The summed E-state index contributed by atoms with van der Waals surface area (Å²) < 4.78 is 53.9. The Morgan fingerprint density at radius 2 is 1.84 bits per heavy atom. The molecule has 0 spiro atoms. The Morgan fingerprint density at radius 1 is 1.04 bits per heavy atom. The topological polar surface area (TPSA) is 158 Å². The van der Waals surface area contributed by atoms with Crippen molar-refractivity contribution in [3.8, 4) is 34.9 Å². The highest BCUT2D eigenvalue weighted by atomic mass is 32.2. The van der Waals surface area contributed by atoms with E-state index in [0.717, 1.165) is 23.5 Å². The largest absolute Gasteiger partial charge is 0.485 e. The minimum Gasteiger partial charge on any atom is -0.485 e. The van der Waals surface area contributed by atoms with Crippen LogP contribution < -0.4 is 19.9 Å². The molecule has 0 aliphatic carbocycles. The van der Waals surface area contributed by atoms with Gasteiger partial charge in [0.1, 0.15) is 29.9 Å². The van der Waals surface area contributed by atoms with Crippen LogP contribution in [0.5, 0.6) is 28.9 Å². The minimum atomic E-state index is -1.22. The SMILES string of the molecule is CCOC(=O)c1cnc(Sc2ccc(Oc3c(F)cnc(Oc4cc(C#N)ccc4OCc4ccccc4)c3F)c(C3N=CCN3C)c2)nc1N. The highest BCUT2D eigenvalue weighted by Crippen LogP contribution is 2.42. The molecule has 2 aromatic heterocycles. The molecule has 3 aromatic carbocycles. The lowest BCUT2D eigenvalue weighted by Gasteiger charge is -2.22. The third-order valence-electron chi connectivity index (χ3n) is 7.42. The van der Waals surface area contributed by atoms with Crippen molar-refractivity contribution in [3.05, 3.63) is 113 Å². The van der Waals surface area contributed by atoms with Gasteiger partial charge in [-0.15, -0.1) is 0 Å². The van der Waals surface area contributed by atoms with Gasteiger partial charge >= 0.3 is 5.97 Å². The number of anilines is 1. The quantitative estimate of drug-likeness (QED) is 0.104. The van der Waals surface area contributed by atoms with Crippen LogP contribution in [0.15, 0.2) is 94.2 Å². The Balaban J connectivity index is 1.29. The van der Waals surface area contributed by atoms with Crippen LogP contribution in [0, 0.1) is 23.0 Å². The summed E-state index contributed by atoms with van der Waals surface area (Å²) in [4.78, 5) is 31.5. The standard InChI is InChI=1S/C36H29F2N7O5S/c1-3-47-35(46)25-18-43-36(44-32(25)40)51-23-10-12-27(24(16-23)33-41-13-14-45(33)2)49-31-26(37)19-42-34(30(31)38)50-29-15-22(17-39)9-11-28(29)48-20-21-7-5-4-6-8-21/h4-13,15-16,18-19,33H,3,14,20H2,1-2H3,(H2,40,43,44). The zero-order valence-corrected chi connectivity index (χ0v) is 28.1. The number of hydrogen-bond donors (Lipinski definition) is 1. The second kappa shape index (κ2) is 15.6. The number of esters is 1. The third kappa shape index (κ3) is 8.04. The van der Waals surface area contributed by atoms with E-state index >= 15 is 8.78 Å². The van der Waals surface area contributed by atoms with Gasteiger partial charge in [0.2, 0.25) is 11.6 Å². The van der Waals surface area contributed by atoms with Crippen LogP contribution in [0.4, 0.5) is 14.6 Å². The molecule has 0 saturated heterocycles. The minimum absolute atomic E-state index is 0.00364. The Hall–Kier alpha value is -6.11. The highest BCUT2D eigenvalue weighted by molar-refractivity contribution is 7.99. The third-order valence-corrected chi connectivity index (χ3v) is 8.29. The van der Waals surface area contributed by atoms with Gasteiger partial charge in [-0.2, -0.15) is 9.65 Å². The molecule has 12 nitrogen and oxygen atoms in total. The van der Waals surface area contributed by atoms with E-state index in [2.05, 4.69) is 19.9 Å². The number of nitrogens with two attached hydrogens (primary N) is 1. The second-order valence-electron chi connectivity index (χ2n) is 10.9. The molecule has 0 saturated carbocycles. The first-order valence-corrected chi connectivity index (χ1v) is 16.3. The van der Waals surface area contributed by atoms with Gasteiger partial charge in [0.15, 0.2) is 22.5 Å². The summed E-state index contributed by atoms with van der Waals surface area (Å²) >= 11 is 1.15. The Labute approximate surface area is 295 Å². The van der Waals surface area contributed by atoms with Crippen molar-refractivity contribution in [1.29, 1.82) is 5.26 Å². The van der Waals surface area contributed by atoms with Crippen molar-refractivity contribution in [1.82, 2.24) is 19.9 Å². The fourth-order valence-electron chi connectivity index (χ4n) is 4.91.